The van der Waals surface area contributed by atoms with Gasteiger partial charge in [0.15, 0.2) is 0 Å². The lowest BCUT2D eigenvalue weighted by molar-refractivity contribution is 0.0697. The summed E-state index contributed by atoms with van der Waals surface area (Å²) in [5, 5.41) is 17.1. The minimum atomic E-state index is -0.898. The van der Waals surface area contributed by atoms with E-state index in [2.05, 4.69) is 16.4 Å². The quantitative estimate of drug-likeness (QED) is 0.678. The first-order valence-electron chi connectivity index (χ1n) is 8.53. The maximum absolute atomic E-state index is 11.3. The number of rotatable bonds is 3. The van der Waals surface area contributed by atoms with E-state index < -0.39 is 5.97 Å². The molecule has 0 atom stereocenters. The molecule has 0 spiro atoms. The fourth-order valence-corrected chi connectivity index (χ4v) is 3.72. The largest absolute Gasteiger partial charge is 0.478 e. The van der Waals surface area contributed by atoms with E-state index in [4.69, 9.17) is 0 Å². The number of pyridine rings is 1. The van der Waals surface area contributed by atoms with Crippen molar-refractivity contribution >= 4 is 33.2 Å². The minimum Gasteiger partial charge on any atom is -0.478 e. The summed E-state index contributed by atoms with van der Waals surface area (Å²) >= 11 is 0. The molecule has 0 bridgehead atoms. The van der Waals surface area contributed by atoms with E-state index in [1.807, 2.05) is 24.5 Å². The first-order chi connectivity index (χ1) is 11.7. The van der Waals surface area contributed by atoms with Crippen molar-refractivity contribution in [1.82, 2.24) is 4.98 Å². The van der Waals surface area contributed by atoms with Gasteiger partial charge in [-0.1, -0.05) is 25.3 Å². The summed E-state index contributed by atoms with van der Waals surface area (Å²) in [5.74, 6) is -0.898. The number of hydrogen-bond acceptors (Lipinski definition) is 3. The number of anilines is 1. The molecule has 2 N–H and O–H groups in total. The van der Waals surface area contributed by atoms with Crippen LogP contribution in [0, 0.1) is 0 Å². The maximum Gasteiger partial charge on any atom is 0.335 e. The van der Waals surface area contributed by atoms with Gasteiger partial charge < -0.3 is 10.4 Å². The fraction of sp³-hybridized carbons (Fsp3) is 0.300. The average Bonchev–Trinajstić information content (AvgIpc) is 2.62. The Hall–Kier alpha value is -2.62. The molecule has 4 nitrogen and oxygen atoms in total. The molecule has 2 aromatic carbocycles. The second-order valence-corrected chi connectivity index (χ2v) is 6.57. The molecule has 4 heteroatoms. The molecule has 122 valence electrons. The van der Waals surface area contributed by atoms with E-state index in [1.54, 1.807) is 12.1 Å². The third-order valence-electron chi connectivity index (χ3n) is 4.96. The predicted molar refractivity (Wildman–Crippen MR) is 96.7 cm³/mol. The van der Waals surface area contributed by atoms with Gasteiger partial charge in [0.1, 0.15) is 0 Å². The summed E-state index contributed by atoms with van der Waals surface area (Å²) in [6.07, 6.45) is 9.93. The smallest absolute Gasteiger partial charge is 0.335 e. The molecule has 0 amide bonds. The number of aromatic carboxylic acids is 1. The molecule has 24 heavy (non-hydrogen) atoms. The van der Waals surface area contributed by atoms with Crippen LogP contribution in [0.15, 0.2) is 42.7 Å². The molecule has 0 radical (unpaired) electrons. The summed E-state index contributed by atoms with van der Waals surface area (Å²) < 4.78 is 0. The van der Waals surface area contributed by atoms with Gasteiger partial charge in [-0.25, -0.2) is 4.79 Å². The number of benzene rings is 2. The van der Waals surface area contributed by atoms with Crippen molar-refractivity contribution in [3.8, 4) is 0 Å². The zero-order valence-corrected chi connectivity index (χ0v) is 13.5. The van der Waals surface area contributed by atoms with Crippen LogP contribution in [0.1, 0.15) is 42.5 Å². The van der Waals surface area contributed by atoms with Gasteiger partial charge in [0.25, 0.3) is 0 Å². The Labute approximate surface area is 140 Å². The average molecular weight is 320 g/mol. The Morgan fingerprint density at radius 2 is 1.88 bits per heavy atom. The lowest BCUT2D eigenvalue weighted by Crippen LogP contribution is -2.22. The van der Waals surface area contributed by atoms with Crippen LogP contribution < -0.4 is 5.32 Å². The highest BCUT2D eigenvalue weighted by atomic mass is 16.4. The summed E-state index contributed by atoms with van der Waals surface area (Å²) in [7, 11) is 0. The van der Waals surface area contributed by atoms with Crippen LogP contribution in [0.4, 0.5) is 5.69 Å². The van der Waals surface area contributed by atoms with Crippen LogP contribution in [-0.4, -0.2) is 22.1 Å². The van der Waals surface area contributed by atoms with Gasteiger partial charge >= 0.3 is 5.97 Å². The molecule has 1 aromatic heterocycles. The number of hydrogen-bond donors (Lipinski definition) is 2. The van der Waals surface area contributed by atoms with E-state index >= 15 is 0 Å². The van der Waals surface area contributed by atoms with E-state index in [-0.39, 0.29) is 0 Å². The van der Waals surface area contributed by atoms with Crippen molar-refractivity contribution in [2.24, 2.45) is 0 Å². The SMILES string of the molecule is O=C(O)c1ccc2c(c1)cc(NC1CCCCC1)c1ccncc12. The van der Waals surface area contributed by atoms with Crippen LogP contribution in [0.3, 0.4) is 0 Å². The molecule has 1 fully saturated rings. The lowest BCUT2D eigenvalue weighted by atomic mass is 9.94. The predicted octanol–water partition coefficient (Wildman–Crippen LogP) is 4.83. The number of fused-ring (bicyclic) bond motifs is 3. The second kappa shape index (κ2) is 6.11. The highest BCUT2D eigenvalue weighted by Gasteiger charge is 2.15. The van der Waals surface area contributed by atoms with Crippen molar-refractivity contribution in [1.29, 1.82) is 0 Å². The molecule has 1 saturated carbocycles. The standard InChI is InChI=1S/C20H20N2O2/c23-20(24)13-6-7-16-14(10-13)11-19(17-8-9-21-12-18(16)17)22-15-4-2-1-3-5-15/h6-12,15,22H,1-5H2,(H,23,24). The molecular formula is C20H20N2O2. The van der Waals surface area contributed by atoms with Crippen LogP contribution in [0.5, 0.6) is 0 Å². The Bertz CT molecular complexity index is 914. The zero-order chi connectivity index (χ0) is 16.5. The summed E-state index contributed by atoms with van der Waals surface area (Å²) in [6, 6.07) is 9.90. The number of nitrogens with one attached hydrogen (secondary N) is 1. The molecule has 1 aliphatic rings. The van der Waals surface area contributed by atoms with Crippen molar-refractivity contribution in [2.75, 3.05) is 5.32 Å². The summed E-state index contributed by atoms with van der Waals surface area (Å²) in [4.78, 5) is 15.5. The summed E-state index contributed by atoms with van der Waals surface area (Å²) in [5.41, 5.74) is 1.39. The molecular weight excluding hydrogens is 300 g/mol. The van der Waals surface area contributed by atoms with Crippen molar-refractivity contribution in [3.63, 3.8) is 0 Å². The van der Waals surface area contributed by atoms with Gasteiger partial charge in [0.05, 0.1) is 5.56 Å². The van der Waals surface area contributed by atoms with Gasteiger partial charge in [-0.2, -0.15) is 0 Å². The number of nitrogens with zero attached hydrogens (tertiary/aromatic N) is 1. The molecule has 0 saturated heterocycles. The van der Waals surface area contributed by atoms with Gasteiger partial charge in [0.2, 0.25) is 0 Å². The molecule has 4 rings (SSSR count). The lowest BCUT2D eigenvalue weighted by Gasteiger charge is -2.25. The number of carbonyl (C=O) groups is 1. The summed E-state index contributed by atoms with van der Waals surface area (Å²) in [6.45, 7) is 0. The van der Waals surface area contributed by atoms with E-state index in [1.165, 1.54) is 32.1 Å². The molecule has 1 aliphatic carbocycles. The maximum atomic E-state index is 11.3. The third-order valence-corrected chi connectivity index (χ3v) is 4.96. The van der Waals surface area contributed by atoms with Crippen molar-refractivity contribution in [2.45, 2.75) is 38.1 Å². The van der Waals surface area contributed by atoms with E-state index in [0.717, 1.165) is 27.2 Å². The number of carboxylic acid groups (broad SMARTS) is 1. The fourth-order valence-electron chi connectivity index (χ4n) is 3.72. The van der Waals surface area contributed by atoms with Gasteiger partial charge in [-0.15, -0.1) is 0 Å². The van der Waals surface area contributed by atoms with E-state index in [0.29, 0.717) is 11.6 Å². The Morgan fingerprint density at radius 1 is 1.04 bits per heavy atom. The molecule has 1 heterocycles. The van der Waals surface area contributed by atoms with Crippen LogP contribution in [0.25, 0.3) is 21.5 Å². The van der Waals surface area contributed by atoms with Crippen LogP contribution in [-0.2, 0) is 0 Å². The topological polar surface area (TPSA) is 62.2 Å². The zero-order valence-electron chi connectivity index (χ0n) is 13.5. The normalized spacial score (nSPS) is 15.7. The first-order valence-corrected chi connectivity index (χ1v) is 8.53. The number of aromatic nitrogens is 1. The van der Waals surface area contributed by atoms with Crippen LogP contribution >= 0.6 is 0 Å². The highest BCUT2D eigenvalue weighted by molar-refractivity contribution is 6.13. The molecule has 0 aliphatic heterocycles. The Balaban J connectivity index is 1.87. The van der Waals surface area contributed by atoms with Crippen molar-refractivity contribution < 1.29 is 9.90 Å². The minimum absolute atomic E-state index is 0.314. The number of carboxylic acids is 1. The Kier molecular flexibility index (Phi) is 3.81. The Morgan fingerprint density at radius 3 is 2.67 bits per heavy atom. The van der Waals surface area contributed by atoms with Crippen molar-refractivity contribution in [3.05, 3.63) is 48.3 Å². The van der Waals surface area contributed by atoms with Gasteiger partial charge in [-0.05, 0) is 47.9 Å². The molecule has 0 unspecified atom stereocenters. The highest BCUT2D eigenvalue weighted by Crippen LogP contribution is 2.33. The van der Waals surface area contributed by atoms with Crippen LogP contribution in [0.2, 0.25) is 0 Å². The molecule has 3 aromatic rings. The monoisotopic (exact) mass is 320 g/mol. The van der Waals surface area contributed by atoms with Gasteiger partial charge in [0, 0.05) is 34.9 Å². The van der Waals surface area contributed by atoms with Gasteiger partial charge in [-0.3, -0.25) is 4.98 Å². The second-order valence-electron chi connectivity index (χ2n) is 6.57. The first kappa shape index (κ1) is 14.9. The third kappa shape index (κ3) is 2.68. The van der Waals surface area contributed by atoms with E-state index in [9.17, 15) is 9.90 Å².